The van der Waals surface area contributed by atoms with E-state index < -0.39 is 0 Å². The Morgan fingerprint density at radius 1 is 1.24 bits per heavy atom. The van der Waals surface area contributed by atoms with Crippen LogP contribution in [0.3, 0.4) is 0 Å². The number of para-hydroxylation sites is 1. The zero-order valence-electron chi connectivity index (χ0n) is 13.0. The van der Waals surface area contributed by atoms with Gasteiger partial charge in [-0.2, -0.15) is 5.10 Å². The lowest BCUT2D eigenvalue weighted by molar-refractivity contribution is -0.119. The molecule has 0 aliphatic heterocycles. The van der Waals surface area contributed by atoms with E-state index >= 15 is 0 Å². The molecule has 2 rings (SSSR count). The Labute approximate surface area is 133 Å². The van der Waals surface area contributed by atoms with Gasteiger partial charge in [0.05, 0.1) is 15.9 Å². The number of carbonyl (C=O) groups excluding carboxylic acids is 1. The average Bonchev–Trinajstić information content (AvgIpc) is 2.69. The average molecular weight is 350 g/mol. The molecule has 4 nitrogen and oxygen atoms in total. The number of aromatic nitrogens is 2. The summed E-state index contributed by atoms with van der Waals surface area (Å²) in [6, 6.07) is 5.61. The second-order valence-corrected chi connectivity index (χ2v) is 6.15. The van der Waals surface area contributed by atoms with E-state index in [1.54, 1.807) is 4.68 Å². The number of halogens is 1. The first kappa shape index (κ1) is 15.8. The van der Waals surface area contributed by atoms with Crippen molar-refractivity contribution >= 4 is 27.5 Å². The van der Waals surface area contributed by atoms with Gasteiger partial charge in [-0.25, -0.2) is 0 Å². The van der Waals surface area contributed by atoms with E-state index in [0.29, 0.717) is 0 Å². The number of amides is 1. The van der Waals surface area contributed by atoms with Gasteiger partial charge in [0.2, 0.25) is 5.91 Å². The summed E-state index contributed by atoms with van der Waals surface area (Å²) in [6.45, 7) is 9.71. The first-order valence-electron chi connectivity index (χ1n) is 6.91. The number of hydrogen-bond acceptors (Lipinski definition) is 2. The Balaban J connectivity index is 2.26. The van der Waals surface area contributed by atoms with Gasteiger partial charge < -0.3 is 5.32 Å². The van der Waals surface area contributed by atoms with Gasteiger partial charge in [-0.15, -0.1) is 0 Å². The number of nitrogens with one attached hydrogen (secondary N) is 1. The monoisotopic (exact) mass is 349 g/mol. The molecule has 1 atom stereocenters. The number of aryl methyl sites for hydroxylation is 3. The maximum atomic E-state index is 12.5. The summed E-state index contributed by atoms with van der Waals surface area (Å²) in [5.74, 6) is -0.0644. The Morgan fingerprint density at radius 3 is 2.29 bits per heavy atom. The van der Waals surface area contributed by atoms with Crippen LogP contribution >= 0.6 is 15.9 Å². The largest absolute Gasteiger partial charge is 0.324 e. The highest BCUT2D eigenvalue weighted by molar-refractivity contribution is 9.10. The molecule has 0 bridgehead atoms. The molecule has 1 aromatic carbocycles. The Morgan fingerprint density at radius 2 is 1.81 bits per heavy atom. The van der Waals surface area contributed by atoms with Crippen molar-refractivity contribution in [2.75, 3.05) is 5.32 Å². The zero-order chi connectivity index (χ0) is 15.7. The summed E-state index contributed by atoms with van der Waals surface area (Å²) in [4.78, 5) is 12.5. The van der Waals surface area contributed by atoms with E-state index in [0.717, 1.165) is 32.7 Å². The second kappa shape index (κ2) is 6.02. The molecule has 1 heterocycles. The van der Waals surface area contributed by atoms with Crippen molar-refractivity contribution in [3.63, 3.8) is 0 Å². The fourth-order valence-electron chi connectivity index (χ4n) is 2.37. The fourth-order valence-corrected chi connectivity index (χ4v) is 2.63. The lowest BCUT2D eigenvalue weighted by atomic mass is 10.1. The molecular weight excluding hydrogens is 330 g/mol. The van der Waals surface area contributed by atoms with Gasteiger partial charge in [0.25, 0.3) is 0 Å². The normalized spacial score (nSPS) is 12.3. The van der Waals surface area contributed by atoms with Gasteiger partial charge in [-0.3, -0.25) is 9.48 Å². The zero-order valence-corrected chi connectivity index (χ0v) is 14.6. The minimum atomic E-state index is -0.367. The number of rotatable bonds is 3. The van der Waals surface area contributed by atoms with Gasteiger partial charge in [0.1, 0.15) is 6.04 Å². The third kappa shape index (κ3) is 3.02. The predicted octanol–water partition coefficient (Wildman–Crippen LogP) is 4.08. The van der Waals surface area contributed by atoms with Crippen molar-refractivity contribution in [3.05, 3.63) is 45.2 Å². The molecule has 0 aliphatic rings. The molecule has 0 aliphatic carbocycles. The van der Waals surface area contributed by atoms with Crippen LogP contribution < -0.4 is 5.32 Å². The van der Waals surface area contributed by atoms with E-state index in [1.165, 1.54) is 0 Å². The van der Waals surface area contributed by atoms with Gasteiger partial charge in [0.15, 0.2) is 0 Å². The Bertz CT molecular complexity index is 671. The maximum absolute atomic E-state index is 12.5. The fraction of sp³-hybridized carbons (Fsp3) is 0.375. The maximum Gasteiger partial charge on any atom is 0.248 e. The molecule has 112 valence electrons. The highest BCUT2D eigenvalue weighted by Crippen LogP contribution is 2.25. The summed E-state index contributed by atoms with van der Waals surface area (Å²) < 4.78 is 2.71. The van der Waals surface area contributed by atoms with Crippen LogP contribution in [0.2, 0.25) is 0 Å². The smallest absolute Gasteiger partial charge is 0.248 e. The lowest BCUT2D eigenvalue weighted by Gasteiger charge is -2.17. The molecule has 1 N–H and O–H groups in total. The van der Waals surface area contributed by atoms with Gasteiger partial charge in [-0.05, 0) is 61.7 Å². The number of nitrogens with zero attached hydrogens (tertiary/aromatic N) is 2. The van der Waals surface area contributed by atoms with Crippen molar-refractivity contribution in [1.29, 1.82) is 0 Å². The molecule has 1 unspecified atom stereocenters. The number of hydrogen-bond donors (Lipinski definition) is 1. The molecule has 1 amide bonds. The molecule has 21 heavy (non-hydrogen) atoms. The second-order valence-electron chi connectivity index (χ2n) is 5.36. The molecule has 0 fully saturated rings. The van der Waals surface area contributed by atoms with Gasteiger partial charge in [-0.1, -0.05) is 18.2 Å². The van der Waals surface area contributed by atoms with Crippen molar-refractivity contribution in [1.82, 2.24) is 9.78 Å². The van der Waals surface area contributed by atoms with Gasteiger partial charge >= 0.3 is 0 Å². The van der Waals surface area contributed by atoms with E-state index in [1.807, 2.05) is 52.8 Å². The highest BCUT2D eigenvalue weighted by Gasteiger charge is 2.21. The van der Waals surface area contributed by atoms with Crippen LogP contribution in [0, 0.1) is 27.7 Å². The molecular formula is C16H20BrN3O. The van der Waals surface area contributed by atoms with E-state index in [4.69, 9.17) is 0 Å². The number of benzene rings is 1. The predicted molar refractivity (Wildman–Crippen MR) is 88.7 cm³/mol. The number of anilines is 1. The lowest BCUT2D eigenvalue weighted by Crippen LogP contribution is -2.26. The van der Waals surface area contributed by atoms with E-state index in [-0.39, 0.29) is 11.9 Å². The topological polar surface area (TPSA) is 46.9 Å². The molecule has 5 heteroatoms. The Kier molecular flexibility index (Phi) is 4.52. The molecule has 1 aromatic heterocycles. The summed E-state index contributed by atoms with van der Waals surface area (Å²) >= 11 is 3.49. The molecule has 2 aromatic rings. The third-order valence-corrected chi connectivity index (χ3v) is 4.86. The molecule has 0 spiro atoms. The van der Waals surface area contributed by atoms with Crippen molar-refractivity contribution in [2.24, 2.45) is 0 Å². The van der Waals surface area contributed by atoms with Crippen LogP contribution in [-0.4, -0.2) is 15.7 Å². The first-order chi connectivity index (χ1) is 9.82. The van der Waals surface area contributed by atoms with Crippen LogP contribution in [-0.2, 0) is 4.79 Å². The standard InChI is InChI=1S/C16H20BrN3O/c1-9-7-6-8-10(2)15(9)18-16(21)13(5)20-12(4)14(17)11(3)19-20/h6-8,13H,1-5H3,(H,18,21). The highest BCUT2D eigenvalue weighted by atomic mass is 79.9. The quantitative estimate of drug-likeness (QED) is 0.907. The molecule has 0 radical (unpaired) electrons. The summed E-state index contributed by atoms with van der Waals surface area (Å²) in [5.41, 5.74) is 4.85. The van der Waals surface area contributed by atoms with Crippen LogP contribution in [0.4, 0.5) is 5.69 Å². The van der Waals surface area contributed by atoms with Crippen LogP contribution in [0.1, 0.15) is 35.5 Å². The summed E-state index contributed by atoms with van der Waals surface area (Å²) in [7, 11) is 0. The summed E-state index contributed by atoms with van der Waals surface area (Å²) in [6.07, 6.45) is 0. The van der Waals surface area contributed by atoms with Crippen LogP contribution in [0.15, 0.2) is 22.7 Å². The Hall–Kier alpha value is -1.62. The minimum Gasteiger partial charge on any atom is -0.324 e. The minimum absolute atomic E-state index is 0.0644. The van der Waals surface area contributed by atoms with E-state index in [2.05, 4.69) is 26.3 Å². The van der Waals surface area contributed by atoms with E-state index in [9.17, 15) is 4.79 Å². The van der Waals surface area contributed by atoms with Crippen LogP contribution in [0.25, 0.3) is 0 Å². The third-order valence-electron chi connectivity index (χ3n) is 3.71. The summed E-state index contributed by atoms with van der Waals surface area (Å²) in [5, 5.41) is 7.44. The first-order valence-corrected chi connectivity index (χ1v) is 7.70. The van der Waals surface area contributed by atoms with Crippen LogP contribution in [0.5, 0.6) is 0 Å². The number of carbonyl (C=O) groups is 1. The van der Waals surface area contributed by atoms with Gasteiger partial charge in [0, 0.05) is 5.69 Å². The van der Waals surface area contributed by atoms with Crippen molar-refractivity contribution < 1.29 is 4.79 Å². The van der Waals surface area contributed by atoms with Crippen molar-refractivity contribution in [2.45, 2.75) is 40.7 Å². The molecule has 0 saturated heterocycles. The van der Waals surface area contributed by atoms with Crippen molar-refractivity contribution in [3.8, 4) is 0 Å². The SMILES string of the molecule is Cc1cccc(C)c1NC(=O)C(C)n1nc(C)c(Br)c1C. The molecule has 0 saturated carbocycles.